The summed E-state index contributed by atoms with van der Waals surface area (Å²) in [5.41, 5.74) is 0. The van der Waals surface area contributed by atoms with E-state index in [4.69, 9.17) is 0 Å². The van der Waals surface area contributed by atoms with Crippen LogP contribution in [0.2, 0.25) is 0 Å². The zero-order valence-corrected chi connectivity index (χ0v) is 23.0. The maximum absolute atomic E-state index is 3.47. The lowest BCUT2D eigenvalue weighted by molar-refractivity contribution is 0.555. The first-order valence-electron chi connectivity index (χ1n) is 12.9. The van der Waals surface area contributed by atoms with Crippen LogP contribution in [0.4, 0.5) is 0 Å². The monoisotopic (exact) mass is 524 g/mol. The molecule has 0 amide bonds. The summed E-state index contributed by atoms with van der Waals surface area (Å²) in [6, 6.07) is 32.3. The summed E-state index contributed by atoms with van der Waals surface area (Å²) in [4.78, 5) is 0. The van der Waals surface area contributed by atoms with Gasteiger partial charge in [0.15, 0.2) is 0 Å². The third-order valence-corrected chi connectivity index (χ3v) is 8.78. The lowest BCUT2D eigenvalue weighted by Crippen LogP contribution is -2.20. The summed E-state index contributed by atoms with van der Waals surface area (Å²) in [7, 11) is -0.446. The fraction of sp³-hybridized carbons (Fsp3) is 0.419. The molecule has 0 saturated carbocycles. The molecule has 0 aromatic heterocycles. The van der Waals surface area contributed by atoms with E-state index in [-0.39, 0.29) is 0 Å². The summed E-state index contributed by atoms with van der Waals surface area (Å²) >= 11 is 3.47. The molecule has 0 nitrogen and oxygen atoms in total. The lowest BCUT2D eigenvalue weighted by Gasteiger charge is -2.18. The van der Waals surface area contributed by atoms with Gasteiger partial charge in [-0.15, -0.1) is 0 Å². The minimum atomic E-state index is -0.446. The molecule has 0 spiro atoms. The summed E-state index contributed by atoms with van der Waals surface area (Å²) in [5.74, 6) is 0. The summed E-state index contributed by atoms with van der Waals surface area (Å²) in [6.45, 7) is 2.28. The maximum atomic E-state index is 3.47. The highest BCUT2D eigenvalue weighted by atomic mass is 79.9. The van der Waals surface area contributed by atoms with Gasteiger partial charge >= 0.3 is 0 Å². The molecule has 0 aliphatic carbocycles. The summed E-state index contributed by atoms with van der Waals surface area (Å²) in [6.07, 6.45) is 15.8. The highest BCUT2D eigenvalue weighted by molar-refractivity contribution is 9.09. The van der Waals surface area contributed by atoms with E-state index in [1.54, 1.807) is 0 Å². The highest BCUT2D eigenvalue weighted by Crippen LogP contribution is 2.32. The molecule has 33 heavy (non-hydrogen) atoms. The molecular formula is C31H42BrP. The van der Waals surface area contributed by atoms with E-state index in [9.17, 15) is 0 Å². The number of halogens is 1. The van der Waals surface area contributed by atoms with Gasteiger partial charge in [-0.2, -0.15) is 0 Å². The van der Waals surface area contributed by atoms with E-state index in [2.05, 4.69) is 114 Å². The Labute approximate surface area is 213 Å². The van der Waals surface area contributed by atoms with Gasteiger partial charge in [0, 0.05) is 5.33 Å². The Hall–Kier alpha value is -1.43. The lowest BCUT2D eigenvalue weighted by atomic mass is 10.1. The van der Waals surface area contributed by atoms with Crippen LogP contribution in [0, 0.1) is 0 Å². The Bertz CT molecular complexity index is 698. The van der Waals surface area contributed by atoms with Gasteiger partial charge in [-0.05, 0) is 30.3 Å². The third-order valence-electron chi connectivity index (χ3n) is 5.78. The quantitative estimate of drug-likeness (QED) is 0.112. The Balaban J connectivity index is 0.000000248. The fourth-order valence-corrected chi connectivity index (χ4v) is 6.64. The molecule has 2 heteroatoms. The second kappa shape index (κ2) is 18.9. The molecule has 3 rings (SSSR count). The molecule has 0 N–H and O–H groups in total. The zero-order chi connectivity index (χ0) is 23.4. The molecule has 0 saturated heterocycles. The normalized spacial score (nSPS) is 10.6. The average molecular weight is 526 g/mol. The highest BCUT2D eigenvalue weighted by Gasteiger charge is 2.14. The standard InChI is InChI=1S/C18H15P.C13H27Br/c1-4-10-16(11-5-1)19(17-12-6-2-7-13-17)18-14-8-3-9-15-18;1-2-3-4-5-6-7-8-9-10-11-12-13-14/h1-15H;2-13H2,1H3. The molecule has 0 aliphatic rings. The van der Waals surface area contributed by atoms with Crippen LogP contribution >= 0.6 is 23.9 Å². The Morgan fingerprint density at radius 3 is 1.06 bits per heavy atom. The number of unbranched alkanes of at least 4 members (excludes halogenated alkanes) is 10. The van der Waals surface area contributed by atoms with Crippen molar-refractivity contribution in [2.75, 3.05) is 5.33 Å². The molecule has 0 radical (unpaired) electrons. The van der Waals surface area contributed by atoms with Crippen molar-refractivity contribution < 1.29 is 0 Å². The van der Waals surface area contributed by atoms with Crippen LogP contribution in [-0.2, 0) is 0 Å². The molecule has 3 aromatic carbocycles. The van der Waals surface area contributed by atoms with Gasteiger partial charge in [-0.1, -0.05) is 178 Å². The topological polar surface area (TPSA) is 0 Å². The second-order valence-corrected chi connectivity index (χ2v) is 11.6. The van der Waals surface area contributed by atoms with Crippen LogP contribution in [0.3, 0.4) is 0 Å². The van der Waals surface area contributed by atoms with Crippen molar-refractivity contribution in [2.45, 2.75) is 77.6 Å². The van der Waals surface area contributed by atoms with Crippen molar-refractivity contribution in [2.24, 2.45) is 0 Å². The van der Waals surface area contributed by atoms with Crippen LogP contribution in [-0.4, -0.2) is 5.33 Å². The van der Waals surface area contributed by atoms with Gasteiger partial charge < -0.3 is 0 Å². The van der Waals surface area contributed by atoms with Crippen molar-refractivity contribution in [3.05, 3.63) is 91.0 Å². The largest absolute Gasteiger partial charge is 0.0928 e. The van der Waals surface area contributed by atoms with Crippen molar-refractivity contribution in [1.29, 1.82) is 0 Å². The smallest absolute Gasteiger partial charge is 0.00313 e. The molecular weight excluding hydrogens is 483 g/mol. The van der Waals surface area contributed by atoms with Crippen LogP contribution in [0.5, 0.6) is 0 Å². The molecule has 0 atom stereocenters. The molecule has 3 aromatic rings. The molecule has 0 heterocycles. The van der Waals surface area contributed by atoms with Crippen LogP contribution in [0.25, 0.3) is 0 Å². The Morgan fingerprint density at radius 2 is 0.758 bits per heavy atom. The van der Waals surface area contributed by atoms with Crippen LogP contribution in [0.1, 0.15) is 77.6 Å². The Morgan fingerprint density at radius 1 is 0.455 bits per heavy atom. The first-order chi connectivity index (χ1) is 16.4. The number of rotatable bonds is 14. The fourth-order valence-electron chi connectivity index (χ4n) is 3.94. The van der Waals surface area contributed by atoms with Gasteiger partial charge in [0.05, 0.1) is 0 Å². The number of hydrogen-bond acceptors (Lipinski definition) is 0. The van der Waals surface area contributed by atoms with E-state index >= 15 is 0 Å². The SMILES string of the molecule is CCCCCCCCCCCCCBr.c1ccc(P(c2ccccc2)c2ccccc2)cc1. The molecule has 0 aliphatic heterocycles. The first-order valence-corrected chi connectivity index (χ1v) is 15.3. The van der Waals surface area contributed by atoms with Gasteiger partial charge in [0.25, 0.3) is 0 Å². The number of hydrogen-bond donors (Lipinski definition) is 0. The van der Waals surface area contributed by atoms with Crippen LogP contribution in [0.15, 0.2) is 91.0 Å². The Kier molecular flexibility index (Phi) is 16.0. The minimum Gasteiger partial charge on any atom is -0.0928 e. The number of benzene rings is 3. The predicted octanol–water partition coefficient (Wildman–Crippen LogP) is 9.14. The maximum Gasteiger partial charge on any atom is 0.00313 e. The second-order valence-electron chi connectivity index (χ2n) is 8.57. The zero-order valence-electron chi connectivity index (χ0n) is 20.5. The van der Waals surface area contributed by atoms with Gasteiger partial charge in [0.2, 0.25) is 0 Å². The van der Waals surface area contributed by atoms with E-state index < -0.39 is 7.92 Å². The van der Waals surface area contributed by atoms with Crippen LogP contribution < -0.4 is 15.9 Å². The summed E-state index contributed by atoms with van der Waals surface area (Å²) < 4.78 is 0. The van der Waals surface area contributed by atoms with E-state index in [0.717, 1.165) is 0 Å². The van der Waals surface area contributed by atoms with Gasteiger partial charge in [0.1, 0.15) is 0 Å². The van der Waals surface area contributed by atoms with Crippen molar-refractivity contribution in [3.8, 4) is 0 Å². The van der Waals surface area contributed by atoms with E-state index in [1.165, 1.54) is 91.9 Å². The molecule has 0 bridgehead atoms. The predicted molar refractivity (Wildman–Crippen MR) is 155 cm³/mol. The van der Waals surface area contributed by atoms with Crippen molar-refractivity contribution in [1.82, 2.24) is 0 Å². The average Bonchev–Trinajstić information content (AvgIpc) is 2.88. The minimum absolute atomic E-state index is 0.446. The van der Waals surface area contributed by atoms with E-state index in [1.807, 2.05) is 0 Å². The number of alkyl halides is 1. The third kappa shape index (κ3) is 12.0. The first kappa shape index (κ1) is 27.8. The van der Waals surface area contributed by atoms with E-state index in [0.29, 0.717) is 0 Å². The summed E-state index contributed by atoms with van der Waals surface area (Å²) in [5, 5.41) is 5.38. The van der Waals surface area contributed by atoms with Crippen molar-refractivity contribution >= 4 is 39.8 Å². The molecule has 0 fully saturated rings. The molecule has 178 valence electrons. The van der Waals surface area contributed by atoms with Gasteiger partial charge in [-0.3, -0.25) is 0 Å². The van der Waals surface area contributed by atoms with Crippen molar-refractivity contribution in [3.63, 3.8) is 0 Å². The van der Waals surface area contributed by atoms with Gasteiger partial charge in [-0.25, -0.2) is 0 Å². The molecule has 0 unspecified atom stereocenters.